The molecule has 1 atom stereocenters. The van der Waals surface area contributed by atoms with Crippen LogP contribution in [-0.4, -0.2) is 23.0 Å². The molecule has 2 aliphatic rings. The zero-order chi connectivity index (χ0) is 19.3. The number of hydrogen-bond acceptors (Lipinski definition) is 3. The molecule has 1 unspecified atom stereocenters. The van der Waals surface area contributed by atoms with Gasteiger partial charge in [0.1, 0.15) is 0 Å². The minimum absolute atomic E-state index is 0.486. The van der Waals surface area contributed by atoms with E-state index in [0.29, 0.717) is 10.0 Å². The van der Waals surface area contributed by atoms with Crippen molar-refractivity contribution in [3.8, 4) is 0 Å². The summed E-state index contributed by atoms with van der Waals surface area (Å²) in [4.78, 5) is 16.6. The number of hydrogen-bond donors (Lipinski definition) is 1. The van der Waals surface area contributed by atoms with Crippen LogP contribution in [0.1, 0.15) is 46.2 Å². The summed E-state index contributed by atoms with van der Waals surface area (Å²) in [5.74, 6) is -1.43. The van der Waals surface area contributed by atoms with Crippen LogP contribution in [0.15, 0.2) is 23.9 Å². The predicted molar refractivity (Wildman–Crippen MR) is 112 cm³/mol. The highest BCUT2D eigenvalue weighted by Crippen LogP contribution is 2.47. The molecule has 4 rings (SSSR count). The smallest absolute Gasteiger partial charge is 0.312 e. The summed E-state index contributed by atoms with van der Waals surface area (Å²) in [6, 6.07) is 5.59. The number of carboxylic acids is 1. The van der Waals surface area contributed by atoms with Gasteiger partial charge in [-0.25, -0.2) is 0 Å². The molecule has 1 N–H and O–H groups in total. The van der Waals surface area contributed by atoms with Gasteiger partial charge in [0.25, 0.3) is 0 Å². The fraction of sp³-hybridized carbons (Fsp3) is 0.381. The van der Waals surface area contributed by atoms with Crippen LogP contribution in [0.2, 0.25) is 10.0 Å². The van der Waals surface area contributed by atoms with Gasteiger partial charge in [-0.1, -0.05) is 29.3 Å². The summed E-state index contributed by atoms with van der Waals surface area (Å²) in [5.41, 5.74) is 5.60. The van der Waals surface area contributed by atoms with Crippen molar-refractivity contribution in [3.63, 3.8) is 0 Å². The van der Waals surface area contributed by atoms with E-state index in [0.717, 1.165) is 36.2 Å². The molecule has 1 aliphatic carbocycles. The Labute approximate surface area is 173 Å². The third kappa shape index (κ3) is 3.18. The number of carbonyl (C=O) groups is 1. The topological polar surface area (TPSA) is 40.5 Å². The molecule has 2 heterocycles. The van der Waals surface area contributed by atoms with E-state index in [4.69, 9.17) is 23.2 Å². The summed E-state index contributed by atoms with van der Waals surface area (Å²) in [7, 11) is 1.99. The summed E-state index contributed by atoms with van der Waals surface area (Å²) < 4.78 is 0. The number of aryl methyl sites for hydroxylation is 1. The Morgan fingerprint density at radius 2 is 1.93 bits per heavy atom. The number of halogens is 2. The summed E-state index contributed by atoms with van der Waals surface area (Å²) in [6.45, 7) is 2.52. The highest BCUT2D eigenvalue weighted by Gasteiger charge is 2.34. The normalized spacial score (nSPS) is 17.6. The lowest BCUT2D eigenvalue weighted by Crippen LogP contribution is -2.31. The Kier molecular flexibility index (Phi) is 5.00. The van der Waals surface area contributed by atoms with Crippen molar-refractivity contribution in [2.45, 2.75) is 39.2 Å². The van der Waals surface area contributed by atoms with E-state index in [1.165, 1.54) is 33.7 Å². The number of rotatable bonds is 3. The molecule has 1 aliphatic heterocycles. The van der Waals surface area contributed by atoms with Crippen LogP contribution in [0.3, 0.4) is 0 Å². The van der Waals surface area contributed by atoms with E-state index in [-0.39, 0.29) is 0 Å². The van der Waals surface area contributed by atoms with Gasteiger partial charge >= 0.3 is 5.97 Å². The van der Waals surface area contributed by atoms with Crippen LogP contribution in [-0.2, 0) is 24.2 Å². The summed E-state index contributed by atoms with van der Waals surface area (Å²) in [5, 5.41) is 10.7. The fourth-order valence-corrected chi connectivity index (χ4v) is 6.00. The molecule has 0 radical (unpaired) electrons. The van der Waals surface area contributed by atoms with Crippen molar-refractivity contribution in [2.24, 2.45) is 5.92 Å². The second kappa shape index (κ2) is 7.16. The fourth-order valence-electron chi connectivity index (χ4n) is 4.22. The molecule has 142 valence electrons. The molecule has 6 heteroatoms. The van der Waals surface area contributed by atoms with E-state index in [1.54, 1.807) is 13.0 Å². The lowest BCUT2D eigenvalue weighted by Gasteiger charge is -2.34. The Morgan fingerprint density at radius 1 is 1.19 bits per heavy atom. The molecule has 0 saturated carbocycles. The van der Waals surface area contributed by atoms with Crippen LogP contribution in [0.4, 0.5) is 0 Å². The Morgan fingerprint density at radius 3 is 2.63 bits per heavy atom. The second-order valence-corrected chi connectivity index (χ2v) is 9.24. The number of aliphatic carboxylic acids is 1. The predicted octanol–water partition coefficient (Wildman–Crippen LogP) is 5.86. The van der Waals surface area contributed by atoms with Gasteiger partial charge in [-0.3, -0.25) is 4.79 Å². The first-order valence-corrected chi connectivity index (χ1v) is 10.7. The van der Waals surface area contributed by atoms with Crippen LogP contribution in [0.25, 0.3) is 5.57 Å². The Balaban J connectivity index is 2.00. The standard InChI is InChI=1S/C21H21Cl2NO2S/c1-11(21(25)26)19-18(12-7-8-15(22)16(23)9-12)20-14(10-24(19)2)13-5-3-4-6-17(13)27-20/h7-9,11H,3-6,10H2,1-2H3,(H,25,26). The first-order valence-electron chi connectivity index (χ1n) is 9.15. The molecule has 1 aromatic carbocycles. The minimum Gasteiger partial charge on any atom is -0.481 e. The van der Waals surface area contributed by atoms with E-state index in [2.05, 4.69) is 4.90 Å². The SMILES string of the molecule is CC(C(=O)O)C1=C(c2ccc(Cl)c(Cl)c2)c2sc3c(c2CN1C)CCCC3. The maximum Gasteiger partial charge on any atom is 0.312 e. The van der Waals surface area contributed by atoms with E-state index >= 15 is 0 Å². The highest BCUT2D eigenvalue weighted by atomic mass is 35.5. The van der Waals surface area contributed by atoms with Crippen molar-refractivity contribution in [1.82, 2.24) is 4.90 Å². The van der Waals surface area contributed by atoms with Gasteiger partial charge < -0.3 is 10.0 Å². The van der Waals surface area contributed by atoms with Crippen molar-refractivity contribution >= 4 is 46.1 Å². The molecule has 0 saturated heterocycles. The average Bonchev–Trinajstić information content (AvgIpc) is 3.00. The van der Waals surface area contributed by atoms with Gasteiger partial charge in [0.05, 0.1) is 16.0 Å². The van der Waals surface area contributed by atoms with Crippen LogP contribution < -0.4 is 0 Å². The molecule has 0 fully saturated rings. The zero-order valence-corrected chi connectivity index (χ0v) is 17.6. The molecule has 0 bridgehead atoms. The molecular formula is C21H21Cl2NO2S. The summed E-state index contributed by atoms with van der Waals surface area (Å²) >= 11 is 14.3. The van der Waals surface area contributed by atoms with E-state index < -0.39 is 11.9 Å². The maximum atomic E-state index is 11.8. The molecule has 0 amide bonds. The number of nitrogens with zero attached hydrogens (tertiary/aromatic N) is 1. The number of fused-ring (bicyclic) bond motifs is 3. The lowest BCUT2D eigenvalue weighted by atomic mass is 9.86. The molecule has 27 heavy (non-hydrogen) atoms. The maximum absolute atomic E-state index is 11.8. The minimum atomic E-state index is -0.820. The van der Waals surface area contributed by atoms with Crippen molar-refractivity contribution in [2.75, 3.05) is 7.05 Å². The largest absolute Gasteiger partial charge is 0.481 e. The Bertz CT molecular complexity index is 963. The number of benzene rings is 1. The monoisotopic (exact) mass is 421 g/mol. The van der Waals surface area contributed by atoms with Crippen molar-refractivity contribution in [1.29, 1.82) is 0 Å². The Hall–Kier alpha value is -1.49. The van der Waals surface area contributed by atoms with Gasteiger partial charge in [0.2, 0.25) is 0 Å². The first kappa shape index (κ1) is 18.9. The average molecular weight is 422 g/mol. The van der Waals surface area contributed by atoms with Gasteiger partial charge in [0.15, 0.2) is 0 Å². The lowest BCUT2D eigenvalue weighted by molar-refractivity contribution is -0.140. The third-order valence-electron chi connectivity index (χ3n) is 5.56. The quantitative estimate of drug-likeness (QED) is 0.674. The number of carboxylic acid groups (broad SMARTS) is 1. The van der Waals surface area contributed by atoms with Crippen molar-refractivity contribution < 1.29 is 9.90 Å². The van der Waals surface area contributed by atoms with E-state index in [1.807, 2.05) is 30.5 Å². The molecule has 0 spiro atoms. The van der Waals surface area contributed by atoms with E-state index in [9.17, 15) is 9.90 Å². The van der Waals surface area contributed by atoms with Crippen LogP contribution in [0, 0.1) is 5.92 Å². The van der Waals surface area contributed by atoms with Crippen LogP contribution >= 0.6 is 34.5 Å². The molecule has 1 aromatic heterocycles. The third-order valence-corrected chi connectivity index (χ3v) is 7.65. The molecule has 3 nitrogen and oxygen atoms in total. The first-order chi connectivity index (χ1) is 12.9. The molecular weight excluding hydrogens is 401 g/mol. The van der Waals surface area contributed by atoms with Gasteiger partial charge in [-0.2, -0.15) is 0 Å². The molecule has 2 aromatic rings. The zero-order valence-electron chi connectivity index (χ0n) is 15.3. The van der Waals surface area contributed by atoms with Gasteiger partial charge in [0, 0.05) is 34.6 Å². The van der Waals surface area contributed by atoms with Gasteiger partial charge in [-0.05, 0) is 61.4 Å². The second-order valence-electron chi connectivity index (χ2n) is 7.32. The summed E-state index contributed by atoms with van der Waals surface area (Å²) in [6.07, 6.45) is 4.69. The van der Waals surface area contributed by atoms with Crippen LogP contribution in [0.5, 0.6) is 0 Å². The van der Waals surface area contributed by atoms with Gasteiger partial charge in [-0.15, -0.1) is 11.3 Å². The highest BCUT2D eigenvalue weighted by molar-refractivity contribution is 7.13. The van der Waals surface area contributed by atoms with Crippen molar-refractivity contribution in [3.05, 3.63) is 60.4 Å². The number of thiophene rings is 1.